The highest BCUT2D eigenvalue weighted by Crippen LogP contribution is 2.33. The second-order valence-electron chi connectivity index (χ2n) is 5.05. The highest BCUT2D eigenvalue weighted by atomic mass is 32.1. The van der Waals surface area contributed by atoms with E-state index in [4.69, 9.17) is 26.4 Å². The van der Waals surface area contributed by atoms with Gasteiger partial charge in [-0.3, -0.25) is 5.10 Å². The standard InChI is InChI=1S/C16H22N4O3S/c1-5-6-7-15-18-19-16(24)20(15)17-10-11-8-13(22-3)14(23-4)9-12(11)21-2/h8-10H,5-7H2,1-4H3,(H,19,24)/b17-10-. The quantitative estimate of drug-likeness (QED) is 0.585. The third kappa shape index (κ3) is 3.94. The molecule has 0 radical (unpaired) electrons. The molecule has 0 unspecified atom stereocenters. The molecule has 1 heterocycles. The SMILES string of the molecule is CCCCc1n[nH]c(=S)n1/N=C\c1cc(OC)c(OC)cc1OC. The summed E-state index contributed by atoms with van der Waals surface area (Å²) in [6.07, 6.45) is 4.58. The number of aromatic nitrogens is 3. The zero-order chi connectivity index (χ0) is 17.5. The Morgan fingerprint density at radius 2 is 1.83 bits per heavy atom. The first-order valence-corrected chi connectivity index (χ1v) is 8.06. The predicted octanol–water partition coefficient (Wildman–Crippen LogP) is 3.19. The highest BCUT2D eigenvalue weighted by Gasteiger charge is 2.11. The van der Waals surface area contributed by atoms with Crippen molar-refractivity contribution in [3.63, 3.8) is 0 Å². The molecule has 2 rings (SSSR count). The second kappa shape index (κ2) is 8.49. The molecule has 130 valence electrons. The lowest BCUT2D eigenvalue weighted by atomic mass is 10.2. The Kier molecular flexibility index (Phi) is 6.36. The maximum atomic E-state index is 5.40. The molecule has 0 bridgehead atoms. The van der Waals surface area contributed by atoms with Crippen LogP contribution in [0.1, 0.15) is 31.2 Å². The number of ether oxygens (including phenoxy) is 3. The molecule has 2 aromatic rings. The molecular weight excluding hydrogens is 328 g/mol. The van der Waals surface area contributed by atoms with Crippen LogP contribution in [0.4, 0.5) is 0 Å². The Bertz CT molecular complexity index is 767. The maximum absolute atomic E-state index is 5.40. The van der Waals surface area contributed by atoms with Crippen molar-refractivity contribution in [3.8, 4) is 17.2 Å². The van der Waals surface area contributed by atoms with Crippen LogP contribution >= 0.6 is 12.2 Å². The molecule has 1 aromatic heterocycles. The summed E-state index contributed by atoms with van der Waals surface area (Å²) in [5.41, 5.74) is 0.750. The highest BCUT2D eigenvalue weighted by molar-refractivity contribution is 7.71. The normalized spacial score (nSPS) is 11.0. The van der Waals surface area contributed by atoms with Gasteiger partial charge >= 0.3 is 0 Å². The molecule has 0 spiro atoms. The van der Waals surface area contributed by atoms with Crippen molar-refractivity contribution < 1.29 is 14.2 Å². The van der Waals surface area contributed by atoms with Gasteiger partial charge in [-0.05, 0) is 24.7 Å². The molecule has 1 aromatic carbocycles. The number of unbranched alkanes of at least 4 members (excludes halogenated alkanes) is 1. The first-order valence-electron chi connectivity index (χ1n) is 7.65. The summed E-state index contributed by atoms with van der Waals surface area (Å²) in [7, 11) is 4.75. The van der Waals surface area contributed by atoms with Crippen molar-refractivity contribution in [2.45, 2.75) is 26.2 Å². The van der Waals surface area contributed by atoms with E-state index in [-0.39, 0.29) is 0 Å². The fraction of sp³-hybridized carbons (Fsp3) is 0.438. The van der Waals surface area contributed by atoms with Gasteiger partial charge in [0.1, 0.15) is 5.75 Å². The van der Waals surface area contributed by atoms with E-state index in [1.807, 2.05) is 0 Å². The van der Waals surface area contributed by atoms with Gasteiger partial charge in [-0.15, -0.1) is 0 Å². The molecule has 0 amide bonds. The van der Waals surface area contributed by atoms with E-state index in [0.29, 0.717) is 22.0 Å². The summed E-state index contributed by atoms with van der Waals surface area (Å²) in [6.45, 7) is 2.13. The lowest BCUT2D eigenvalue weighted by Crippen LogP contribution is -2.01. The van der Waals surface area contributed by atoms with Crippen molar-refractivity contribution in [2.75, 3.05) is 21.3 Å². The van der Waals surface area contributed by atoms with Gasteiger partial charge < -0.3 is 14.2 Å². The second-order valence-corrected chi connectivity index (χ2v) is 5.44. The fourth-order valence-electron chi connectivity index (χ4n) is 2.21. The molecular formula is C16H22N4O3S. The smallest absolute Gasteiger partial charge is 0.216 e. The first-order chi connectivity index (χ1) is 11.6. The van der Waals surface area contributed by atoms with E-state index in [2.05, 4.69) is 22.2 Å². The van der Waals surface area contributed by atoms with Crippen molar-refractivity contribution in [1.82, 2.24) is 14.9 Å². The van der Waals surface area contributed by atoms with E-state index >= 15 is 0 Å². The summed E-state index contributed by atoms with van der Waals surface area (Å²) in [6, 6.07) is 3.56. The third-order valence-electron chi connectivity index (χ3n) is 3.52. The van der Waals surface area contributed by atoms with Crippen LogP contribution < -0.4 is 14.2 Å². The Hall–Kier alpha value is -2.35. The third-order valence-corrected chi connectivity index (χ3v) is 3.78. The number of nitrogens with one attached hydrogen (secondary N) is 1. The van der Waals surface area contributed by atoms with Crippen LogP contribution in [0.3, 0.4) is 0 Å². The topological polar surface area (TPSA) is 73.7 Å². The van der Waals surface area contributed by atoms with Crippen LogP contribution in [-0.4, -0.2) is 42.4 Å². The van der Waals surface area contributed by atoms with Crippen LogP contribution in [0.25, 0.3) is 0 Å². The number of benzene rings is 1. The molecule has 8 heteroatoms. The number of H-pyrrole nitrogens is 1. The summed E-state index contributed by atoms with van der Waals surface area (Å²) in [5.74, 6) is 2.62. The molecule has 0 saturated carbocycles. The largest absolute Gasteiger partial charge is 0.496 e. The van der Waals surface area contributed by atoms with Gasteiger partial charge in [0.05, 0.1) is 27.5 Å². The van der Waals surface area contributed by atoms with Gasteiger partial charge in [0, 0.05) is 18.1 Å². The molecule has 0 saturated heterocycles. The molecule has 1 N–H and O–H groups in total. The monoisotopic (exact) mass is 350 g/mol. The van der Waals surface area contributed by atoms with Gasteiger partial charge in [0.25, 0.3) is 0 Å². The Morgan fingerprint density at radius 1 is 1.17 bits per heavy atom. The van der Waals surface area contributed by atoms with E-state index in [1.54, 1.807) is 44.4 Å². The van der Waals surface area contributed by atoms with Gasteiger partial charge in [0.15, 0.2) is 17.3 Å². The molecule has 0 fully saturated rings. The van der Waals surface area contributed by atoms with E-state index in [9.17, 15) is 0 Å². The number of hydrogen-bond donors (Lipinski definition) is 1. The van der Waals surface area contributed by atoms with Crippen LogP contribution in [0.15, 0.2) is 17.2 Å². The summed E-state index contributed by atoms with van der Waals surface area (Å²) < 4.78 is 18.1. The Balaban J connectivity index is 2.38. The minimum atomic E-state index is 0.455. The molecule has 0 aliphatic rings. The minimum Gasteiger partial charge on any atom is -0.496 e. The zero-order valence-corrected chi connectivity index (χ0v) is 15.1. The fourth-order valence-corrected chi connectivity index (χ4v) is 2.41. The van der Waals surface area contributed by atoms with E-state index in [0.717, 1.165) is 30.7 Å². The van der Waals surface area contributed by atoms with Crippen molar-refractivity contribution >= 4 is 18.4 Å². The van der Waals surface area contributed by atoms with Gasteiger partial charge in [-0.1, -0.05) is 13.3 Å². The van der Waals surface area contributed by atoms with Crippen LogP contribution in [-0.2, 0) is 6.42 Å². The van der Waals surface area contributed by atoms with Crippen LogP contribution in [0.5, 0.6) is 17.2 Å². The molecule has 0 aliphatic carbocycles. The van der Waals surface area contributed by atoms with Crippen LogP contribution in [0, 0.1) is 4.77 Å². The van der Waals surface area contributed by atoms with Gasteiger partial charge in [0.2, 0.25) is 4.77 Å². The maximum Gasteiger partial charge on any atom is 0.216 e. The number of nitrogens with zero attached hydrogens (tertiary/aromatic N) is 3. The molecule has 24 heavy (non-hydrogen) atoms. The number of aryl methyl sites for hydroxylation is 1. The van der Waals surface area contributed by atoms with Crippen molar-refractivity contribution in [3.05, 3.63) is 28.3 Å². The summed E-state index contributed by atoms with van der Waals surface area (Å²) in [4.78, 5) is 0. The van der Waals surface area contributed by atoms with Crippen molar-refractivity contribution in [1.29, 1.82) is 0 Å². The first kappa shape index (κ1) is 18.0. The van der Waals surface area contributed by atoms with Crippen molar-refractivity contribution in [2.24, 2.45) is 5.10 Å². The summed E-state index contributed by atoms with van der Waals surface area (Å²) >= 11 is 5.24. The molecule has 0 atom stereocenters. The number of hydrogen-bond acceptors (Lipinski definition) is 6. The Morgan fingerprint density at radius 3 is 2.46 bits per heavy atom. The van der Waals surface area contributed by atoms with Gasteiger partial charge in [-0.25, -0.2) is 0 Å². The average molecular weight is 350 g/mol. The zero-order valence-electron chi connectivity index (χ0n) is 14.3. The number of aromatic amines is 1. The average Bonchev–Trinajstić information content (AvgIpc) is 2.96. The molecule has 0 aliphatic heterocycles. The van der Waals surface area contributed by atoms with Crippen LogP contribution in [0.2, 0.25) is 0 Å². The number of methoxy groups -OCH3 is 3. The lowest BCUT2D eigenvalue weighted by molar-refractivity contribution is 0.349. The predicted molar refractivity (Wildman–Crippen MR) is 95.1 cm³/mol. The summed E-state index contributed by atoms with van der Waals surface area (Å²) in [5, 5.41) is 11.4. The lowest BCUT2D eigenvalue weighted by Gasteiger charge is -2.11. The minimum absolute atomic E-state index is 0.455. The van der Waals surface area contributed by atoms with E-state index in [1.165, 1.54) is 0 Å². The van der Waals surface area contributed by atoms with E-state index < -0.39 is 0 Å². The number of rotatable bonds is 8. The van der Waals surface area contributed by atoms with Gasteiger partial charge in [-0.2, -0.15) is 14.9 Å². The molecule has 7 nitrogen and oxygen atoms in total. The Labute approximate surface area is 146 Å².